The molecule has 5 nitrogen and oxygen atoms in total. The first-order valence-electron chi connectivity index (χ1n) is 5.89. The fourth-order valence-corrected chi connectivity index (χ4v) is 1.93. The third kappa shape index (κ3) is 2.36. The zero-order valence-electron chi connectivity index (χ0n) is 10.6. The van der Waals surface area contributed by atoms with Gasteiger partial charge in [-0.15, -0.1) is 0 Å². The van der Waals surface area contributed by atoms with Crippen molar-refractivity contribution in [3.8, 4) is 0 Å². The van der Waals surface area contributed by atoms with E-state index in [2.05, 4.69) is 0 Å². The van der Waals surface area contributed by atoms with Gasteiger partial charge in [-0.05, 0) is 24.6 Å². The molecule has 0 spiro atoms. The standard InChI is InChI=1S/C13H17N3O2/c1-9(14)10-4-3-5-11(6-10)16-8-12(17)15(2)7-13(16)18/h3-6,9H,7-8,14H2,1-2H3. The highest BCUT2D eigenvalue weighted by Gasteiger charge is 2.28. The number of carbonyl (C=O) groups is 2. The molecule has 0 saturated carbocycles. The molecular formula is C13H17N3O2. The molecule has 0 aliphatic carbocycles. The van der Waals surface area contributed by atoms with Crippen LogP contribution in [0.25, 0.3) is 0 Å². The minimum atomic E-state index is -0.0942. The molecule has 2 rings (SSSR count). The third-order valence-electron chi connectivity index (χ3n) is 3.10. The van der Waals surface area contributed by atoms with E-state index >= 15 is 0 Å². The van der Waals surface area contributed by atoms with Crippen LogP contribution in [0.5, 0.6) is 0 Å². The van der Waals surface area contributed by atoms with Gasteiger partial charge in [0, 0.05) is 18.8 Å². The Morgan fingerprint density at radius 2 is 1.94 bits per heavy atom. The molecular weight excluding hydrogens is 230 g/mol. The highest BCUT2D eigenvalue weighted by molar-refractivity contribution is 6.04. The van der Waals surface area contributed by atoms with Gasteiger partial charge in [0.15, 0.2) is 0 Å². The molecule has 1 aromatic rings. The van der Waals surface area contributed by atoms with Crippen molar-refractivity contribution in [2.24, 2.45) is 5.73 Å². The third-order valence-corrected chi connectivity index (χ3v) is 3.10. The van der Waals surface area contributed by atoms with Crippen LogP contribution in [0.4, 0.5) is 5.69 Å². The van der Waals surface area contributed by atoms with Gasteiger partial charge in [0.05, 0.1) is 6.54 Å². The Morgan fingerprint density at radius 3 is 2.61 bits per heavy atom. The Bertz CT molecular complexity index is 485. The summed E-state index contributed by atoms with van der Waals surface area (Å²) in [6.45, 7) is 2.11. The molecule has 1 fully saturated rings. The fraction of sp³-hybridized carbons (Fsp3) is 0.385. The van der Waals surface area contributed by atoms with E-state index in [-0.39, 0.29) is 30.9 Å². The van der Waals surface area contributed by atoms with Gasteiger partial charge in [-0.2, -0.15) is 0 Å². The predicted molar refractivity (Wildman–Crippen MR) is 69.0 cm³/mol. The highest BCUT2D eigenvalue weighted by atomic mass is 16.2. The van der Waals surface area contributed by atoms with E-state index < -0.39 is 0 Å². The van der Waals surface area contributed by atoms with Gasteiger partial charge in [-0.3, -0.25) is 9.59 Å². The molecule has 1 unspecified atom stereocenters. The van der Waals surface area contributed by atoms with Crippen molar-refractivity contribution in [1.29, 1.82) is 0 Å². The second-order valence-corrected chi connectivity index (χ2v) is 4.61. The van der Waals surface area contributed by atoms with Crippen LogP contribution in [0.2, 0.25) is 0 Å². The largest absolute Gasteiger partial charge is 0.335 e. The average molecular weight is 247 g/mol. The maximum Gasteiger partial charge on any atom is 0.247 e. The molecule has 2 amide bonds. The van der Waals surface area contributed by atoms with Crippen LogP contribution in [-0.4, -0.2) is 36.9 Å². The SMILES string of the molecule is CC(N)c1cccc(N2CC(=O)N(C)CC2=O)c1. The van der Waals surface area contributed by atoms with Crippen LogP contribution >= 0.6 is 0 Å². The van der Waals surface area contributed by atoms with Crippen molar-refractivity contribution in [2.45, 2.75) is 13.0 Å². The molecule has 1 aliphatic heterocycles. The summed E-state index contributed by atoms with van der Waals surface area (Å²) in [5.74, 6) is -0.125. The van der Waals surface area contributed by atoms with Gasteiger partial charge >= 0.3 is 0 Å². The van der Waals surface area contributed by atoms with E-state index in [4.69, 9.17) is 5.73 Å². The lowest BCUT2D eigenvalue weighted by molar-refractivity contribution is -0.136. The van der Waals surface area contributed by atoms with E-state index in [9.17, 15) is 9.59 Å². The number of amides is 2. The number of rotatable bonds is 2. The maximum absolute atomic E-state index is 11.9. The smallest absolute Gasteiger partial charge is 0.247 e. The summed E-state index contributed by atoms with van der Waals surface area (Å²) < 4.78 is 0. The molecule has 5 heteroatoms. The number of piperazine rings is 1. The molecule has 2 N–H and O–H groups in total. The second-order valence-electron chi connectivity index (χ2n) is 4.61. The van der Waals surface area contributed by atoms with Crippen LogP contribution in [0.15, 0.2) is 24.3 Å². The summed E-state index contributed by atoms with van der Waals surface area (Å²) in [5, 5.41) is 0. The van der Waals surface area contributed by atoms with Gasteiger partial charge in [0.25, 0.3) is 0 Å². The fourth-order valence-electron chi connectivity index (χ4n) is 1.93. The van der Waals surface area contributed by atoms with E-state index in [1.54, 1.807) is 7.05 Å². The van der Waals surface area contributed by atoms with Crippen molar-refractivity contribution in [1.82, 2.24) is 4.90 Å². The number of benzene rings is 1. The Kier molecular flexibility index (Phi) is 3.34. The Balaban J connectivity index is 2.28. The second kappa shape index (κ2) is 4.78. The lowest BCUT2D eigenvalue weighted by atomic mass is 10.1. The van der Waals surface area contributed by atoms with Gasteiger partial charge in [0.1, 0.15) is 6.54 Å². The molecule has 1 atom stereocenters. The normalized spacial score (nSPS) is 18.2. The molecule has 0 radical (unpaired) electrons. The average Bonchev–Trinajstić information content (AvgIpc) is 2.34. The lowest BCUT2D eigenvalue weighted by Crippen LogP contribution is -2.52. The van der Waals surface area contributed by atoms with Crippen molar-refractivity contribution in [3.63, 3.8) is 0 Å². The summed E-state index contributed by atoms with van der Waals surface area (Å²) in [7, 11) is 1.63. The first kappa shape index (κ1) is 12.6. The molecule has 0 aromatic heterocycles. The molecule has 1 aliphatic rings. The monoisotopic (exact) mass is 247 g/mol. The summed E-state index contributed by atoms with van der Waals surface area (Å²) in [4.78, 5) is 26.5. The number of likely N-dealkylation sites (N-methyl/N-ethyl adjacent to an activating group) is 1. The van der Waals surface area contributed by atoms with Crippen molar-refractivity contribution in [3.05, 3.63) is 29.8 Å². The van der Waals surface area contributed by atoms with E-state index in [1.165, 1.54) is 9.80 Å². The quantitative estimate of drug-likeness (QED) is 0.828. The first-order valence-corrected chi connectivity index (χ1v) is 5.89. The first-order chi connectivity index (χ1) is 8.49. The van der Waals surface area contributed by atoms with E-state index in [0.717, 1.165) is 11.3 Å². The number of hydrogen-bond acceptors (Lipinski definition) is 3. The molecule has 1 saturated heterocycles. The Hall–Kier alpha value is -1.88. The van der Waals surface area contributed by atoms with Crippen molar-refractivity contribution < 1.29 is 9.59 Å². The summed E-state index contributed by atoms with van der Waals surface area (Å²) >= 11 is 0. The predicted octanol–water partition coefficient (Wildman–Crippen LogP) is 0.511. The molecule has 18 heavy (non-hydrogen) atoms. The van der Waals surface area contributed by atoms with Gasteiger partial charge in [0.2, 0.25) is 11.8 Å². The highest BCUT2D eigenvalue weighted by Crippen LogP contribution is 2.21. The van der Waals surface area contributed by atoms with E-state index in [1.807, 2.05) is 31.2 Å². The minimum Gasteiger partial charge on any atom is -0.335 e. The van der Waals surface area contributed by atoms with Crippen LogP contribution < -0.4 is 10.6 Å². The minimum absolute atomic E-state index is 0.0548. The molecule has 0 bridgehead atoms. The van der Waals surface area contributed by atoms with Crippen LogP contribution in [0, 0.1) is 0 Å². The number of nitrogens with two attached hydrogens (primary N) is 1. The van der Waals surface area contributed by atoms with Crippen LogP contribution in [0.3, 0.4) is 0 Å². The van der Waals surface area contributed by atoms with Gasteiger partial charge < -0.3 is 15.5 Å². The number of carbonyl (C=O) groups excluding carboxylic acids is 2. The number of anilines is 1. The maximum atomic E-state index is 11.9. The van der Waals surface area contributed by atoms with Gasteiger partial charge in [-0.1, -0.05) is 12.1 Å². The number of hydrogen-bond donors (Lipinski definition) is 1. The molecule has 1 aromatic carbocycles. The van der Waals surface area contributed by atoms with Crippen LogP contribution in [-0.2, 0) is 9.59 Å². The van der Waals surface area contributed by atoms with Crippen molar-refractivity contribution in [2.75, 3.05) is 25.0 Å². The zero-order chi connectivity index (χ0) is 13.3. The van der Waals surface area contributed by atoms with Gasteiger partial charge in [-0.25, -0.2) is 0 Å². The van der Waals surface area contributed by atoms with Crippen LogP contribution in [0.1, 0.15) is 18.5 Å². The van der Waals surface area contributed by atoms with E-state index in [0.29, 0.717) is 0 Å². The number of nitrogens with zero attached hydrogens (tertiary/aromatic N) is 2. The molecule has 1 heterocycles. The summed E-state index contributed by atoms with van der Waals surface area (Å²) in [6.07, 6.45) is 0. The topological polar surface area (TPSA) is 66.6 Å². The molecule has 96 valence electrons. The Morgan fingerprint density at radius 1 is 1.22 bits per heavy atom. The lowest BCUT2D eigenvalue weighted by Gasteiger charge is -2.32. The van der Waals surface area contributed by atoms with Crippen molar-refractivity contribution >= 4 is 17.5 Å². The summed E-state index contributed by atoms with van der Waals surface area (Å²) in [6, 6.07) is 7.35. The summed E-state index contributed by atoms with van der Waals surface area (Å²) in [5.41, 5.74) is 7.50. The Labute approximate surface area is 106 Å². The zero-order valence-corrected chi connectivity index (χ0v) is 10.6.